The first-order valence-electron chi connectivity index (χ1n) is 20.0. The molecule has 11 rings (SSSR count). The molecule has 4 heteroatoms. The highest BCUT2D eigenvalue weighted by molar-refractivity contribution is 5.87. The molecule has 0 saturated heterocycles. The molecule has 1 aliphatic carbocycles. The monoisotopic (exact) mass is 745 g/mol. The summed E-state index contributed by atoms with van der Waals surface area (Å²) in [5.41, 5.74) is 19.1. The van der Waals surface area contributed by atoms with Crippen LogP contribution >= 0.6 is 0 Å². The van der Waals surface area contributed by atoms with Crippen molar-refractivity contribution in [2.45, 2.75) is 19.3 Å². The largest absolute Gasteiger partial charge is 0.294 e. The van der Waals surface area contributed by atoms with Crippen LogP contribution in [-0.4, -0.2) is 14.1 Å². The summed E-state index contributed by atoms with van der Waals surface area (Å²) in [6.07, 6.45) is 0. The van der Waals surface area contributed by atoms with Crippen molar-refractivity contribution in [3.05, 3.63) is 205 Å². The van der Waals surface area contributed by atoms with Crippen LogP contribution in [0.15, 0.2) is 194 Å². The van der Waals surface area contributed by atoms with Crippen LogP contribution in [0, 0.1) is 0 Å². The molecule has 0 spiro atoms. The zero-order valence-corrected chi connectivity index (χ0v) is 32.8. The molecule has 0 atom stereocenters. The van der Waals surface area contributed by atoms with Crippen LogP contribution in [0.3, 0.4) is 0 Å². The lowest BCUT2D eigenvalue weighted by Gasteiger charge is -2.22. The molecule has 8 aromatic carbocycles. The van der Waals surface area contributed by atoms with Gasteiger partial charge in [0.1, 0.15) is 11.5 Å². The topological polar surface area (TPSA) is 26.6 Å². The van der Waals surface area contributed by atoms with Crippen LogP contribution in [0.4, 0.5) is 0 Å². The van der Waals surface area contributed by atoms with Gasteiger partial charge < -0.3 is 0 Å². The van der Waals surface area contributed by atoms with Crippen LogP contribution in [-0.2, 0) is 12.5 Å². The number of benzene rings is 8. The van der Waals surface area contributed by atoms with Crippen molar-refractivity contribution in [3.8, 4) is 67.5 Å². The quantitative estimate of drug-likeness (QED) is 0.156. The van der Waals surface area contributed by atoms with Gasteiger partial charge in [0.05, 0.1) is 23.6 Å². The van der Waals surface area contributed by atoms with E-state index in [0.29, 0.717) is 0 Å². The minimum absolute atomic E-state index is 0.151. The maximum Gasteiger partial charge on any atom is 0.294 e. The zero-order chi connectivity index (χ0) is 39.0. The van der Waals surface area contributed by atoms with E-state index in [1.165, 1.54) is 61.1 Å². The number of para-hydroxylation sites is 6. The summed E-state index contributed by atoms with van der Waals surface area (Å²) in [5, 5.41) is 0. The van der Waals surface area contributed by atoms with Crippen molar-refractivity contribution < 1.29 is 4.57 Å². The molecule has 4 nitrogen and oxygen atoms in total. The maximum atomic E-state index is 5.09. The van der Waals surface area contributed by atoms with Gasteiger partial charge in [0.15, 0.2) is 11.0 Å². The molecule has 0 saturated carbocycles. The molecule has 10 aromatic rings. The van der Waals surface area contributed by atoms with E-state index in [2.05, 4.69) is 229 Å². The van der Waals surface area contributed by atoms with Gasteiger partial charge in [-0.15, -0.1) is 0 Å². The molecule has 0 bridgehead atoms. The third-order valence-electron chi connectivity index (χ3n) is 12.2. The van der Waals surface area contributed by atoms with Crippen molar-refractivity contribution in [3.63, 3.8) is 0 Å². The molecule has 0 amide bonds. The molecule has 276 valence electrons. The summed E-state index contributed by atoms with van der Waals surface area (Å²) in [5.74, 6) is 2.10. The Kier molecular flexibility index (Phi) is 7.70. The minimum atomic E-state index is -0.151. The van der Waals surface area contributed by atoms with E-state index in [9.17, 15) is 0 Å². The molecule has 0 aliphatic heterocycles. The van der Waals surface area contributed by atoms with E-state index in [0.717, 1.165) is 39.6 Å². The third kappa shape index (κ3) is 5.29. The lowest BCUT2D eigenvalue weighted by atomic mass is 9.81. The Bertz CT molecular complexity index is 3170. The lowest BCUT2D eigenvalue weighted by Crippen LogP contribution is -2.30. The van der Waals surface area contributed by atoms with Crippen LogP contribution in [0.5, 0.6) is 0 Å². The number of nitrogens with zero attached hydrogens (tertiary/aromatic N) is 4. The average Bonchev–Trinajstić information content (AvgIpc) is 3.89. The van der Waals surface area contributed by atoms with E-state index in [4.69, 9.17) is 4.98 Å². The van der Waals surface area contributed by atoms with E-state index < -0.39 is 0 Å². The Morgan fingerprint density at radius 1 is 0.431 bits per heavy atom. The normalized spacial score (nSPS) is 12.9. The van der Waals surface area contributed by atoms with Gasteiger partial charge in [-0.05, 0) is 117 Å². The van der Waals surface area contributed by atoms with Gasteiger partial charge in [0.25, 0.3) is 5.82 Å². The fourth-order valence-corrected chi connectivity index (χ4v) is 9.25. The maximum absolute atomic E-state index is 5.09. The molecule has 0 radical (unpaired) electrons. The number of imidazole rings is 2. The van der Waals surface area contributed by atoms with Crippen molar-refractivity contribution in [1.82, 2.24) is 14.1 Å². The summed E-state index contributed by atoms with van der Waals surface area (Å²) < 4.78 is 6.93. The standard InChI is InChI=1S/C54H41N4/c1-54(2)46-34-40(36-22-26-38(27-23-36)52-55-48-18-10-11-19-49(48)57(52)42-14-6-4-7-15-42)30-32-44(46)45-33-31-41(35-47(45)54)37-24-28-39(29-25-37)53-56(3)50-20-12-13-21-51(50)58(53)43-16-8-5-9-17-43/h4-35H,1-3H3/q+1. The van der Waals surface area contributed by atoms with E-state index in [-0.39, 0.29) is 5.41 Å². The molecular formula is C54H41N4+. The Labute approximate surface area is 338 Å². The second-order valence-corrected chi connectivity index (χ2v) is 15.9. The number of rotatable bonds is 6. The van der Waals surface area contributed by atoms with Gasteiger partial charge in [-0.2, -0.15) is 4.57 Å². The van der Waals surface area contributed by atoms with Crippen LogP contribution in [0.2, 0.25) is 0 Å². The fraction of sp³-hybridized carbons (Fsp3) is 0.0741. The highest BCUT2D eigenvalue weighted by Gasteiger charge is 2.36. The van der Waals surface area contributed by atoms with Crippen molar-refractivity contribution in [2.24, 2.45) is 7.05 Å². The second-order valence-electron chi connectivity index (χ2n) is 15.9. The number of fused-ring (bicyclic) bond motifs is 5. The van der Waals surface area contributed by atoms with E-state index in [1.54, 1.807) is 0 Å². The second kappa shape index (κ2) is 13.1. The molecule has 2 aromatic heterocycles. The minimum Gasteiger partial charge on any atom is -0.292 e. The molecule has 1 aliphatic rings. The van der Waals surface area contributed by atoms with Gasteiger partial charge in [0.2, 0.25) is 0 Å². The van der Waals surface area contributed by atoms with Crippen molar-refractivity contribution in [1.29, 1.82) is 0 Å². The Morgan fingerprint density at radius 2 is 0.897 bits per heavy atom. The Hall–Kier alpha value is -7.30. The first kappa shape index (κ1) is 34.0. The van der Waals surface area contributed by atoms with E-state index in [1.807, 2.05) is 0 Å². The summed E-state index contributed by atoms with van der Waals surface area (Å²) in [6.45, 7) is 4.74. The SMILES string of the molecule is C[n+]1c(-c2ccc(-c3ccc4c(c3)C(C)(C)c3cc(-c5ccc(-c6nc7ccccc7n6-c6ccccc6)cc5)ccc3-4)cc2)n(-c2ccccc2)c2ccccc21. The van der Waals surface area contributed by atoms with Gasteiger partial charge in [-0.25, -0.2) is 9.55 Å². The molecule has 58 heavy (non-hydrogen) atoms. The van der Waals surface area contributed by atoms with Crippen molar-refractivity contribution in [2.75, 3.05) is 0 Å². The lowest BCUT2D eigenvalue weighted by molar-refractivity contribution is -0.633. The third-order valence-corrected chi connectivity index (χ3v) is 12.2. The summed E-state index contributed by atoms with van der Waals surface area (Å²) >= 11 is 0. The Balaban J connectivity index is 0.906. The predicted molar refractivity (Wildman–Crippen MR) is 238 cm³/mol. The first-order chi connectivity index (χ1) is 28.4. The van der Waals surface area contributed by atoms with Gasteiger partial charge >= 0.3 is 0 Å². The Morgan fingerprint density at radius 3 is 1.50 bits per heavy atom. The number of aryl methyl sites for hydroxylation is 1. The van der Waals surface area contributed by atoms with Crippen LogP contribution < -0.4 is 4.57 Å². The van der Waals surface area contributed by atoms with Gasteiger partial charge in [0, 0.05) is 16.7 Å². The van der Waals surface area contributed by atoms with Gasteiger partial charge in [-0.3, -0.25) is 4.57 Å². The number of hydrogen-bond acceptors (Lipinski definition) is 1. The predicted octanol–water partition coefficient (Wildman–Crippen LogP) is 12.8. The smallest absolute Gasteiger partial charge is 0.292 e. The highest BCUT2D eigenvalue weighted by atomic mass is 15.2. The van der Waals surface area contributed by atoms with Crippen LogP contribution in [0.25, 0.3) is 89.6 Å². The van der Waals surface area contributed by atoms with Gasteiger partial charge in [-0.1, -0.05) is 135 Å². The van der Waals surface area contributed by atoms with E-state index >= 15 is 0 Å². The summed E-state index contributed by atoms with van der Waals surface area (Å²) in [6, 6.07) is 70.1. The highest BCUT2D eigenvalue weighted by Crippen LogP contribution is 2.51. The number of hydrogen-bond donors (Lipinski definition) is 0. The molecular weight excluding hydrogens is 705 g/mol. The summed E-state index contributed by atoms with van der Waals surface area (Å²) in [4.78, 5) is 5.09. The average molecular weight is 746 g/mol. The molecule has 2 heterocycles. The molecule has 0 N–H and O–H groups in total. The fourth-order valence-electron chi connectivity index (χ4n) is 9.25. The molecule has 0 fully saturated rings. The van der Waals surface area contributed by atoms with Crippen molar-refractivity contribution >= 4 is 22.1 Å². The first-order valence-corrected chi connectivity index (χ1v) is 20.0. The molecule has 0 unspecified atom stereocenters. The summed E-state index contributed by atoms with van der Waals surface area (Å²) in [7, 11) is 2.16. The van der Waals surface area contributed by atoms with Crippen LogP contribution in [0.1, 0.15) is 25.0 Å². The zero-order valence-electron chi connectivity index (χ0n) is 32.8. The number of aromatic nitrogens is 4.